The molecular formula is C21H27N9O. The summed E-state index contributed by atoms with van der Waals surface area (Å²) in [6, 6.07) is 1.99. The van der Waals surface area contributed by atoms with Gasteiger partial charge in [0, 0.05) is 19.8 Å². The Labute approximate surface area is 178 Å². The molecule has 1 aliphatic rings. The SMILES string of the molecule is CCCC1(CNc2nc(NCc3nc4c(cnn4C)c(=O)[nH]3)nc3[nH]ccc23)CCC1. The first-order valence-corrected chi connectivity index (χ1v) is 10.8. The minimum Gasteiger partial charge on any atom is -0.369 e. The van der Waals surface area contributed by atoms with Crippen LogP contribution in [-0.2, 0) is 13.6 Å². The van der Waals surface area contributed by atoms with Crippen molar-refractivity contribution in [2.45, 2.75) is 45.6 Å². The molecule has 0 spiro atoms. The number of H-pyrrole nitrogens is 2. The monoisotopic (exact) mass is 421 g/mol. The third kappa shape index (κ3) is 3.62. The molecule has 0 bridgehead atoms. The van der Waals surface area contributed by atoms with Crippen molar-refractivity contribution in [2.75, 3.05) is 17.2 Å². The summed E-state index contributed by atoms with van der Waals surface area (Å²) >= 11 is 0. The highest BCUT2D eigenvalue weighted by atomic mass is 16.1. The Morgan fingerprint density at radius 2 is 2.06 bits per heavy atom. The number of nitrogens with zero attached hydrogens (tertiary/aromatic N) is 5. The molecule has 10 heteroatoms. The molecule has 1 aliphatic carbocycles. The van der Waals surface area contributed by atoms with E-state index in [0.717, 1.165) is 23.4 Å². The minimum atomic E-state index is -0.209. The van der Waals surface area contributed by atoms with Crippen LogP contribution < -0.4 is 16.2 Å². The van der Waals surface area contributed by atoms with E-state index in [1.54, 1.807) is 11.7 Å². The van der Waals surface area contributed by atoms with E-state index < -0.39 is 0 Å². The van der Waals surface area contributed by atoms with Crippen molar-refractivity contribution in [1.82, 2.24) is 34.7 Å². The van der Waals surface area contributed by atoms with Crippen molar-refractivity contribution >= 4 is 33.8 Å². The van der Waals surface area contributed by atoms with E-state index in [-0.39, 0.29) is 5.56 Å². The van der Waals surface area contributed by atoms with E-state index in [9.17, 15) is 4.79 Å². The molecule has 4 heterocycles. The van der Waals surface area contributed by atoms with E-state index in [4.69, 9.17) is 4.98 Å². The van der Waals surface area contributed by atoms with Crippen molar-refractivity contribution in [3.05, 3.63) is 34.6 Å². The highest BCUT2D eigenvalue weighted by Crippen LogP contribution is 2.44. The first-order valence-electron chi connectivity index (χ1n) is 10.8. The van der Waals surface area contributed by atoms with Gasteiger partial charge < -0.3 is 20.6 Å². The molecule has 0 aliphatic heterocycles. The van der Waals surface area contributed by atoms with Gasteiger partial charge in [0.1, 0.15) is 22.7 Å². The number of hydrogen-bond donors (Lipinski definition) is 4. The van der Waals surface area contributed by atoms with Crippen LogP contribution in [0.3, 0.4) is 0 Å². The number of anilines is 2. The van der Waals surface area contributed by atoms with Crippen molar-refractivity contribution in [2.24, 2.45) is 12.5 Å². The van der Waals surface area contributed by atoms with Gasteiger partial charge >= 0.3 is 0 Å². The van der Waals surface area contributed by atoms with Crippen LogP contribution in [0, 0.1) is 5.41 Å². The van der Waals surface area contributed by atoms with Gasteiger partial charge in [-0.05, 0) is 30.7 Å². The highest BCUT2D eigenvalue weighted by Gasteiger charge is 2.35. The van der Waals surface area contributed by atoms with Gasteiger partial charge in [0.2, 0.25) is 5.95 Å². The molecule has 10 nitrogen and oxygen atoms in total. The van der Waals surface area contributed by atoms with Crippen LogP contribution in [0.2, 0.25) is 0 Å². The van der Waals surface area contributed by atoms with Gasteiger partial charge in [0.15, 0.2) is 5.65 Å². The highest BCUT2D eigenvalue weighted by molar-refractivity contribution is 5.88. The van der Waals surface area contributed by atoms with Gasteiger partial charge in [-0.2, -0.15) is 15.1 Å². The molecule has 0 amide bonds. The van der Waals surface area contributed by atoms with Crippen LogP contribution in [0.15, 0.2) is 23.3 Å². The number of fused-ring (bicyclic) bond motifs is 2. The standard InChI is InChI=1S/C21H27N9O/c1-3-6-21(7-4-8-21)12-24-17-13-5-9-22-16(13)28-20(29-17)23-11-15-26-18-14(19(31)27-15)10-25-30(18)2/h5,9-10H,3-4,6-8,11-12H2,1-2H3,(H,26,27,31)(H3,22,23,24,28,29). The minimum absolute atomic E-state index is 0.209. The van der Waals surface area contributed by atoms with Crippen molar-refractivity contribution in [3.63, 3.8) is 0 Å². The molecule has 162 valence electrons. The van der Waals surface area contributed by atoms with Crippen LogP contribution in [0.5, 0.6) is 0 Å². The lowest BCUT2D eigenvalue weighted by Gasteiger charge is -2.42. The lowest BCUT2D eigenvalue weighted by molar-refractivity contribution is 0.135. The molecule has 4 aromatic heterocycles. The Bertz CT molecular complexity index is 1280. The Morgan fingerprint density at radius 1 is 1.19 bits per heavy atom. The fourth-order valence-corrected chi connectivity index (χ4v) is 4.47. The molecule has 0 radical (unpaired) electrons. The Kier molecular flexibility index (Phi) is 4.84. The predicted molar refractivity (Wildman–Crippen MR) is 120 cm³/mol. The van der Waals surface area contributed by atoms with Gasteiger partial charge in [-0.25, -0.2) is 4.98 Å². The number of nitrogens with one attached hydrogen (secondary N) is 4. The number of aromatic nitrogens is 7. The zero-order valence-corrected chi connectivity index (χ0v) is 17.8. The molecule has 31 heavy (non-hydrogen) atoms. The first kappa shape index (κ1) is 19.5. The van der Waals surface area contributed by atoms with Crippen LogP contribution in [0.25, 0.3) is 22.1 Å². The van der Waals surface area contributed by atoms with Crippen LogP contribution in [0.4, 0.5) is 11.8 Å². The quantitative estimate of drug-likeness (QED) is 0.344. The van der Waals surface area contributed by atoms with Crippen LogP contribution in [-0.4, -0.2) is 41.2 Å². The molecule has 0 atom stereocenters. The van der Waals surface area contributed by atoms with Gasteiger partial charge in [-0.3, -0.25) is 9.48 Å². The Hall–Kier alpha value is -3.43. The molecule has 4 aromatic rings. The number of aryl methyl sites for hydroxylation is 1. The topological polar surface area (TPSA) is 129 Å². The molecule has 4 N–H and O–H groups in total. The molecule has 1 fully saturated rings. The zero-order valence-electron chi connectivity index (χ0n) is 17.8. The maximum atomic E-state index is 12.3. The van der Waals surface area contributed by atoms with E-state index >= 15 is 0 Å². The van der Waals surface area contributed by atoms with E-state index in [1.807, 2.05) is 12.3 Å². The largest absolute Gasteiger partial charge is 0.369 e. The normalized spacial score (nSPS) is 15.3. The van der Waals surface area contributed by atoms with Crippen molar-refractivity contribution in [3.8, 4) is 0 Å². The Morgan fingerprint density at radius 3 is 2.84 bits per heavy atom. The number of rotatable bonds is 8. The molecule has 0 saturated heterocycles. The average Bonchev–Trinajstić information content (AvgIpc) is 3.35. The maximum absolute atomic E-state index is 12.3. The summed E-state index contributed by atoms with van der Waals surface area (Å²) in [7, 11) is 1.76. The summed E-state index contributed by atoms with van der Waals surface area (Å²) in [5, 5.41) is 12.3. The lowest BCUT2D eigenvalue weighted by atomic mass is 9.66. The summed E-state index contributed by atoms with van der Waals surface area (Å²) in [6.45, 7) is 3.46. The second-order valence-electron chi connectivity index (χ2n) is 8.46. The van der Waals surface area contributed by atoms with E-state index in [2.05, 4.69) is 42.6 Å². The number of hydrogen-bond acceptors (Lipinski definition) is 7. The average molecular weight is 422 g/mol. The fourth-order valence-electron chi connectivity index (χ4n) is 4.47. The molecule has 0 unspecified atom stereocenters. The zero-order chi connectivity index (χ0) is 21.4. The van der Waals surface area contributed by atoms with Gasteiger partial charge in [0.05, 0.1) is 18.1 Å². The smallest absolute Gasteiger partial charge is 0.262 e. The van der Waals surface area contributed by atoms with Gasteiger partial charge in [-0.15, -0.1) is 0 Å². The van der Waals surface area contributed by atoms with Crippen molar-refractivity contribution < 1.29 is 0 Å². The van der Waals surface area contributed by atoms with Crippen LogP contribution >= 0.6 is 0 Å². The lowest BCUT2D eigenvalue weighted by Crippen LogP contribution is -2.36. The first-order chi connectivity index (χ1) is 15.1. The summed E-state index contributed by atoms with van der Waals surface area (Å²) in [5.74, 6) is 1.80. The molecule has 0 aromatic carbocycles. The van der Waals surface area contributed by atoms with Crippen LogP contribution in [0.1, 0.15) is 44.9 Å². The third-order valence-electron chi connectivity index (χ3n) is 6.31. The summed E-state index contributed by atoms with van der Waals surface area (Å²) < 4.78 is 1.59. The summed E-state index contributed by atoms with van der Waals surface area (Å²) in [4.78, 5) is 32.0. The molecule has 5 rings (SSSR count). The fraction of sp³-hybridized carbons (Fsp3) is 0.476. The second-order valence-corrected chi connectivity index (χ2v) is 8.46. The summed E-state index contributed by atoms with van der Waals surface area (Å²) in [6.07, 6.45) is 9.68. The number of aromatic amines is 2. The van der Waals surface area contributed by atoms with Gasteiger partial charge in [-0.1, -0.05) is 19.8 Å². The predicted octanol–water partition coefficient (Wildman–Crippen LogP) is 2.92. The molecular weight excluding hydrogens is 394 g/mol. The van der Waals surface area contributed by atoms with Crippen molar-refractivity contribution in [1.29, 1.82) is 0 Å². The Balaban J connectivity index is 1.37. The molecule has 1 saturated carbocycles. The van der Waals surface area contributed by atoms with E-state index in [1.165, 1.54) is 38.3 Å². The van der Waals surface area contributed by atoms with E-state index in [0.29, 0.717) is 34.8 Å². The maximum Gasteiger partial charge on any atom is 0.262 e. The second kappa shape index (κ2) is 7.68. The summed E-state index contributed by atoms with van der Waals surface area (Å²) in [5.41, 5.74) is 1.49. The van der Waals surface area contributed by atoms with Gasteiger partial charge in [0.25, 0.3) is 5.56 Å². The third-order valence-corrected chi connectivity index (χ3v) is 6.31.